The summed E-state index contributed by atoms with van der Waals surface area (Å²) in [5.41, 5.74) is 0. The lowest BCUT2D eigenvalue weighted by Crippen LogP contribution is -2.14. The third-order valence-corrected chi connectivity index (χ3v) is 3.63. The molecule has 0 aromatic carbocycles. The van der Waals surface area contributed by atoms with E-state index in [1.807, 2.05) is 6.07 Å². The number of aromatic nitrogens is 1. The highest BCUT2D eigenvalue weighted by Gasteiger charge is 2.08. The van der Waals surface area contributed by atoms with Crippen molar-refractivity contribution < 1.29 is 0 Å². The number of pyridine rings is 1. The summed E-state index contributed by atoms with van der Waals surface area (Å²) < 4.78 is 0.908. The second-order valence-corrected chi connectivity index (χ2v) is 5.60. The molecule has 0 spiro atoms. The van der Waals surface area contributed by atoms with Gasteiger partial charge in [0.1, 0.15) is 5.82 Å². The van der Waals surface area contributed by atoms with Crippen LogP contribution in [0.1, 0.15) is 39.5 Å². The minimum Gasteiger partial charge on any atom is -0.369 e. The highest BCUT2D eigenvalue weighted by atomic mass is 79.9. The Kier molecular flexibility index (Phi) is 6.90. The van der Waals surface area contributed by atoms with Crippen molar-refractivity contribution in [2.45, 2.75) is 39.5 Å². The van der Waals surface area contributed by atoms with Gasteiger partial charge >= 0.3 is 0 Å². The van der Waals surface area contributed by atoms with E-state index in [-0.39, 0.29) is 0 Å². The Morgan fingerprint density at radius 3 is 2.82 bits per heavy atom. The van der Waals surface area contributed by atoms with E-state index in [0.29, 0.717) is 10.9 Å². The maximum Gasteiger partial charge on any atom is 0.144 e. The lowest BCUT2D eigenvalue weighted by atomic mass is 9.99. The third-order valence-electron chi connectivity index (χ3n) is 2.91. The summed E-state index contributed by atoms with van der Waals surface area (Å²) in [6.07, 6.45) is 6.78. The standard InChI is InChI=1S/C13H20BrClN2/c1-3-5-6-10(4-2)8-16-13-12(15)7-11(14)9-17-13/h7,9-10H,3-6,8H2,1-2H3,(H,16,17). The van der Waals surface area contributed by atoms with E-state index in [9.17, 15) is 0 Å². The fourth-order valence-electron chi connectivity index (χ4n) is 1.73. The monoisotopic (exact) mass is 318 g/mol. The molecule has 17 heavy (non-hydrogen) atoms. The van der Waals surface area contributed by atoms with Gasteiger partial charge in [-0.05, 0) is 34.3 Å². The predicted octanol–water partition coefficient (Wildman–Crippen LogP) is 5.13. The molecule has 96 valence electrons. The zero-order chi connectivity index (χ0) is 12.7. The molecular weight excluding hydrogens is 300 g/mol. The SMILES string of the molecule is CCCCC(CC)CNc1ncc(Br)cc1Cl. The molecule has 1 aromatic rings. The Hall–Kier alpha value is -0.280. The summed E-state index contributed by atoms with van der Waals surface area (Å²) in [4.78, 5) is 4.27. The molecule has 1 atom stereocenters. The zero-order valence-corrected chi connectivity index (χ0v) is 12.8. The van der Waals surface area contributed by atoms with Crippen molar-refractivity contribution >= 4 is 33.3 Å². The van der Waals surface area contributed by atoms with Crippen molar-refractivity contribution in [2.75, 3.05) is 11.9 Å². The summed E-state index contributed by atoms with van der Waals surface area (Å²) in [6.45, 7) is 5.41. The second-order valence-electron chi connectivity index (χ2n) is 4.28. The molecule has 4 heteroatoms. The quantitative estimate of drug-likeness (QED) is 0.754. The minimum atomic E-state index is 0.671. The maximum atomic E-state index is 6.11. The molecule has 0 saturated heterocycles. The van der Waals surface area contributed by atoms with Gasteiger partial charge in [0.05, 0.1) is 5.02 Å². The molecule has 0 radical (unpaired) electrons. The first-order valence-electron chi connectivity index (χ1n) is 6.22. The molecule has 1 N–H and O–H groups in total. The van der Waals surface area contributed by atoms with Crippen LogP contribution in [0.2, 0.25) is 5.02 Å². The summed E-state index contributed by atoms with van der Waals surface area (Å²) in [7, 11) is 0. The Morgan fingerprint density at radius 2 is 2.24 bits per heavy atom. The van der Waals surface area contributed by atoms with Crippen molar-refractivity contribution in [3.05, 3.63) is 21.8 Å². The Balaban J connectivity index is 2.47. The number of unbranched alkanes of at least 4 members (excludes halogenated alkanes) is 1. The molecule has 1 unspecified atom stereocenters. The van der Waals surface area contributed by atoms with Gasteiger partial charge in [0.25, 0.3) is 0 Å². The van der Waals surface area contributed by atoms with Crippen molar-refractivity contribution in [3.63, 3.8) is 0 Å². The summed E-state index contributed by atoms with van der Waals surface area (Å²) in [5.74, 6) is 1.49. The third kappa shape index (κ3) is 5.26. The van der Waals surface area contributed by atoms with E-state index in [4.69, 9.17) is 11.6 Å². The number of hydrogen-bond acceptors (Lipinski definition) is 2. The van der Waals surface area contributed by atoms with Gasteiger partial charge < -0.3 is 5.32 Å². The molecule has 0 bridgehead atoms. The highest BCUT2D eigenvalue weighted by molar-refractivity contribution is 9.10. The number of halogens is 2. The van der Waals surface area contributed by atoms with Gasteiger partial charge in [0.2, 0.25) is 0 Å². The van der Waals surface area contributed by atoms with E-state index >= 15 is 0 Å². The molecule has 0 aliphatic heterocycles. The van der Waals surface area contributed by atoms with Crippen LogP contribution in [0.15, 0.2) is 16.7 Å². The molecule has 0 aliphatic rings. The first kappa shape index (κ1) is 14.8. The van der Waals surface area contributed by atoms with E-state index < -0.39 is 0 Å². The van der Waals surface area contributed by atoms with Crippen LogP contribution in [0.3, 0.4) is 0 Å². The van der Waals surface area contributed by atoms with Crippen LogP contribution in [-0.2, 0) is 0 Å². The van der Waals surface area contributed by atoms with E-state index in [2.05, 4.69) is 40.1 Å². The van der Waals surface area contributed by atoms with Crippen LogP contribution < -0.4 is 5.32 Å². The van der Waals surface area contributed by atoms with E-state index in [0.717, 1.165) is 16.8 Å². The summed E-state index contributed by atoms with van der Waals surface area (Å²) in [5, 5.41) is 4.01. The van der Waals surface area contributed by atoms with Crippen LogP contribution >= 0.6 is 27.5 Å². The number of rotatable bonds is 7. The van der Waals surface area contributed by atoms with Crippen LogP contribution in [0.4, 0.5) is 5.82 Å². The Bertz CT molecular complexity index is 344. The largest absolute Gasteiger partial charge is 0.369 e. The van der Waals surface area contributed by atoms with Gasteiger partial charge in [0.15, 0.2) is 0 Å². The van der Waals surface area contributed by atoms with Crippen molar-refractivity contribution in [1.29, 1.82) is 0 Å². The smallest absolute Gasteiger partial charge is 0.144 e. The van der Waals surface area contributed by atoms with Crippen molar-refractivity contribution in [3.8, 4) is 0 Å². The maximum absolute atomic E-state index is 6.11. The lowest BCUT2D eigenvalue weighted by molar-refractivity contribution is 0.472. The molecule has 0 saturated carbocycles. The van der Waals surface area contributed by atoms with E-state index in [1.54, 1.807) is 6.20 Å². The van der Waals surface area contributed by atoms with E-state index in [1.165, 1.54) is 25.7 Å². The molecule has 1 aromatic heterocycles. The van der Waals surface area contributed by atoms with Gasteiger partial charge in [-0.15, -0.1) is 0 Å². The lowest BCUT2D eigenvalue weighted by Gasteiger charge is -2.16. The van der Waals surface area contributed by atoms with Crippen LogP contribution in [0.25, 0.3) is 0 Å². The Morgan fingerprint density at radius 1 is 1.47 bits per heavy atom. The number of hydrogen-bond donors (Lipinski definition) is 1. The van der Waals surface area contributed by atoms with Crippen LogP contribution in [-0.4, -0.2) is 11.5 Å². The molecular formula is C13H20BrClN2. The molecule has 2 nitrogen and oxygen atoms in total. The average molecular weight is 320 g/mol. The highest BCUT2D eigenvalue weighted by Crippen LogP contribution is 2.23. The molecule has 0 amide bonds. The first-order valence-corrected chi connectivity index (χ1v) is 7.39. The normalized spacial score (nSPS) is 12.5. The van der Waals surface area contributed by atoms with Gasteiger partial charge in [-0.1, -0.05) is 44.7 Å². The average Bonchev–Trinajstić information content (AvgIpc) is 2.31. The molecule has 1 rings (SSSR count). The molecule has 1 heterocycles. The van der Waals surface area contributed by atoms with Gasteiger partial charge in [-0.25, -0.2) is 4.98 Å². The number of anilines is 1. The fourth-order valence-corrected chi connectivity index (χ4v) is 2.43. The predicted molar refractivity (Wildman–Crippen MR) is 78.7 cm³/mol. The minimum absolute atomic E-state index is 0.671. The number of nitrogens with one attached hydrogen (secondary N) is 1. The van der Waals surface area contributed by atoms with Gasteiger partial charge in [-0.2, -0.15) is 0 Å². The van der Waals surface area contributed by atoms with Crippen molar-refractivity contribution in [2.24, 2.45) is 5.92 Å². The summed E-state index contributed by atoms with van der Waals surface area (Å²) in [6, 6.07) is 1.86. The van der Waals surface area contributed by atoms with Crippen LogP contribution in [0, 0.1) is 5.92 Å². The molecule has 0 fully saturated rings. The van der Waals surface area contributed by atoms with Gasteiger partial charge in [0, 0.05) is 17.2 Å². The Labute approximate surface area is 117 Å². The second kappa shape index (κ2) is 7.93. The summed E-state index contributed by atoms with van der Waals surface area (Å²) >= 11 is 9.45. The fraction of sp³-hybridized carbons (Fsp3) is 0.615. The number of nitrogens with zero attached hydrogens (tertiary/aromatic N) is 1. The molecule has 0 aliphatic carbocycles. The first-order chi connectivity index (χ1) is 8.17. The van der Waals surface area contributed by atoms with Crippen LogP contribution in [0.5, 0.6) is 0 Å². The van der Waals surface area contributed by atoms with Gasteiger partial charge in [-0.3, -0.25) is 0 Å². The topological polar surface area (TPSA) is 24.9 Å². The van der Waals surface area contributed by atoms with Crippen molar-refractivity contribution in [1.82, 2.24) is 4.98 Å². The zero-order valence-electron chi connectivity index (χ0n) is 10.5.